The topological polar surface area (TPSA) is 47.7 Å². The minimum Gasteiger partial charge on any atom is -0.494 e. The molecule has 106 valence electrons. The maximum atomic E-state index is 6.01. The second kappa shape index (κ2) is 7.48. The third-order valence-electron chi connectivity index (χ3n) is 3.50. The second-order valence-corrected chi connectivity index (χ2v) is 4.72. The first kappa shape index (κ1) is 14.3. The van der Waals surface area contributed by atoms with Crippen molar-refractivity contribution in [2.45, 2.75) is 19.4 Å². The van der Waals surface area contributed by atoms with Gasteiger partial charge in [0.1, 0.15) is 5.75 Å². The number of hydrogen-bond acceptors (Lipinski definition) is 4. The van der Waals surface area contributed by atoms with Crippen LogP contribution in [0.15, 0.2) is 24.3 Å². The molecule has 1 saturated heterocycles. The van der Waals surface area contributed by atoms with Crippen molar-refractivity contribution < 1.29 is 9.47 Å². The number of hydrogen-bond donors (Lipinski definition) is 1. The van der Waals surface area contributed by atoms with Crippen LogP contribution in [0.5, 0.6) is 5.75 Å². The van der Waals surface area contributed by atoms with Crippen LogP contribution in [-0.4, -0.2) is 44.4 Å². The summed E-state index contributed by atoms with van der Waals surface area (Å²) in [5.74, 6) is 0.950. The van der Waals surface area contributed by atoms with E-state index < -0.39 is 0 Å². The summed E-state index contributed by atoms with van der Waals surface area (Å²) in [5, 5.41) is 0. The van der Waals surface area contributed by atoms with Crippen molar-refractivity contribution in [3.63, 3.8) is 0 Å². The van der Waals surface area contributed by atoms with Crippen LogP contribution in [0.4, 0.5) is 0 Å². The van der Waals surface area contributed by atoms with Gasteiger partial charge in [-0.2, -0.15) is 0 Å². The summed E-state index contributed by atoms with van der Waals surface area (Å²) in [6, 6.07) is 8.41. The van der Waals surface area contributed by atoms with Crippen LogP contribution < -0.4 is 10.5 Å². The molecule has 0 aromatic heterocycles. The average Bonchev–Trinajstić information content (AvgIpc) is 2.71. The Labute approximate surface area is 115 Å². The largest absolute Gasteiger partial charge is 0.494 e. The number of para-hydroxylation sites is 1. The van der Waals surface area contributed by atoms with Gasteiger partial charge in [0, 0.05) is 31.8 Å². The molecule has 1 heterocycles. The maximum absolute atomic E-state index is 6.01. The van der Waals surface area contributed by atoms with E-state index in [1.165, 1.54) is 5.56 Å². The van der Waals surface area contributed by atoms with Crippen LogP contribution in [-0.2, 0) is 4.74 Å². The van der Waals surface area contributed by atoms with Gasteiger partial charge in [0.2, 0.25) is 0 Å². The van der Waals surface area contributed by atoms with Gasteiger partial charge in [-0.05, 0) is 19.4 Å². The Balaban J connectivity index is 2.20. The van der Waals surface area contributed by atoms with Gasteiger partial charge in [-0.3, -0.25) is 4.90 Å². The Kier molecular flexibility index (Phi) is 5.63. The molecule has 1 fully saturated rings. The zero-order chi connectivity index (χ0) is 13.5. The minimum absolute atomic E-state index is 0.212. The zero-order valence-electron chi connectivity index (χ0n) is 11.7. The quantitative estimate of drug-likeness (QED) is 0.881. The summed E-state index contributed by atoms with van der Waals surface area (Å²) in [4.78, 5) is 2.41. The van der Waals surface area contributed by atoms with Crippen LogP contribution in [0, 0.1) is 0 Å². The Morgan fingerprint density at radius 2 is 2.16 bits per heavy atom. The molecule has 2 rings (SSSR count). The molecule has 1 aliphatic heterocycles. The van der Waals surface area contributed by atoms with Gasteiger partial charge < -0.3 is 15.2 Å². The molecular formula is C15H24N2O2. The highest BCUT2D eigenvalue weighted by Gasteiger charge is 2.22. The highest BCUT2D eigenvalue weighted by Crippen LogP contribution is 2.29. The lowest BCUT2D eigenvalue weighted by molar-refractivity contribution is 0.132. The molecule has 0 saturated carbocycles. The molecule has 4 nitrogen and oxygen atoms in total. The van der Waals surface area contributed by atoms with Crippen molar-refractivity contribution >= 4 is 0 Å². The van der Waals surface area contributed by atoms with E-state index in [4.69, 9.17) is 15.2 Å². The van der Waals surface area contributed by atoms with Crippen molar-refractivity contribution in [1.29, 1.82) is 0 Å². The van der Waals surface area contributed by atoms with Crippen LogP contribution >= 0.6 is 0 Å². The van der Waals surface area contributed by atoms with Gasteiger partial charge in [0.25, 0.3) is 0 Å². The molecule has 1 aromatic rings. The van der Waals surface area contributed by atoms with Crippen LogP contribution in [0.1, 0.15) is 24.9 Å². The van der Waals surface area contributed by atoms with E-state index in [2.05, 4.69) is 17.0 Å². The number of nitrogens with zero attached hydrogens (tertiary/aromatic N) is 1. The SMILES string of the molecule is CCOc1ccccc1C(CN)N1CCCOCC1. The molecule has 4 heteroatoms. The van der Waals surface area contributed by atoms with Crippen molar-refractivity contribution in [3.8, 4) is 5.75 Å². The van der Waals surface area contributed by atoms with Crippen molar-refractivity contribution in [2.75, 3.05) is 39.5 Å². The summed E-state index contributed by atoms with van der Waals surface area (Å²) in [7, 11) is 0. The highest BCUT2D eigenvalue weighted by atomic mass is 16.5. The van der Waals surface area contributed by atoms with Gasteiger partial charge in [0.15, 0.2) is 0 Å². The fourth-order valence-electron chi connectivity index (χ4n) is 2.59. The van der Waals surface area contributed by atoms with Crippen LogP contribution in [0.2, 0.25) is 0 Å². The summed E-state index contributed by atoms with van der Waals surface area (Å²) in [6.07, 6.45) is 1.06. The first-order chi connectivity index (χ1) is 9.36. The maximum Gasteiger partial charge on any atom is 0.124 e. The number of rotatable bonds is 5. The summed E-state index contributed by atoms with van der Waals surface area (Å²) >= 11 is 0. The predicted octanol–water partition coefficient (Wildman–Crippen LogP) is 1.81. The minimum atomic E-state index is 0.212. The normalized spacial score (nSPS) is 18.8. The van der Waals surface area contributed by atoms with Crippen LogP contribution in [0.25, 0.3) is 0 Å². The molecule has 0 amide bonds. The van der Waals surface area contributed by atoms with E-state index >= 15 is 0 Å². The molecule has 1 atom stereocenters. The average molecular weight is 264 g/mol. The van der Waals surface area contributed by atoms with Gasteiger partial charge in [0.05, 0.1) is 19.3 Å². The van der Waals surface area contributed by atoms with E-state index in [0.717, 1.165) is 38.5 Å². The van der Waals surface area contributed by atoms with E-state index in [1.807, 2.05) is 19.1 Å². The summed E-state index contributed by atoms with van der Waals surface area (Å²) in [5.41, 5.74) is 7.20. The fraction of sp³-hybridized carbons (Fsp3) is 0.600. The van der Waals surface area contributed by atoms with Crippen LogP contribution in [0.3, 0.4) is 0 Å². The number of nitrogens with two attached hydrogens (primary N) is 1. The number of ether oxygens (including phenoxy) is 2. The second-order valence-electron chi connectivity index (χ2n) is 4.72. The standard InChI is InChI=1S/C15H24N2O2/c1-2-19-15-7-4-3-6-13(15)14(12-16)17-8-5-10-18-11-9-17/h3-4,6-7,14H,2,5,8-12,16H2,1H3. The monoisotopic (exact) mass is 264 g/mol. The van der Waals surface area contributed by atoms with E-state index in [0.29, 0.717) is 13.2 Å². The molecule has 19 heavy (non-hydrogen) atoms. The molecule has 1 unspecified atom stereocenters. The lowest BCUT2D eigenvalue weighted by atomic mass is 10.0. The molecule has 1 aliphatic rings. The lowest BCUT2D eigenvalue weighted by Crippen LogP contribution is -2.35. The molecule has 0 aliphatic carbocycles. The number of benzene rings is 1. The first-order valence-corrected chi connectivity index (χ1v) is 7.10. The molecule has 1 aromatic carbocycles. The first-order valence-electron chi connectivity index (χ1n) is 7.10. The van der Waals surface area contributed by atoms with Crippen molar-refractivity contribution in [2.24, 2.45) is 5.73 Å². The summed E-state index contributed by atoms with van der Waals surface area (Å²) < 4.78 is 11.2. The van der Waals surface area contributed by atoms with E-state index in [9.17, 15) is 0 Å². The Bertz CT molecular complexity index is 376. The highest BCUT2D eigenvalue weighted by molar-refractivity contribution is 5.36. The third kappa shape index (κ3) is 3.69. The van der Waals surface area contributed by atoms with Crippen molar-refractivity contribution in [3.05, 3.63) is 29.8 Å². The van der Waals surface area contributed by atoms with E-state index in [-0.39, 0.29) is 6.04 Å². The van der Waals surface area contributed by atoms with Crippen molar-refractivity contribution in [1.82, 2.24) is 4.90 Å². The molecule has 2 N–H and O–H groups in total. The third-order valence-corrected chi connectivity index (χ3v) is 3.50. The molecule has 0 bridgehead atoms. The van der Waals surface area contributed by atoms with Gasteiger partial charge in [-0.15, -0.1) is 0 Å². The predicted molar refractivity (Wildman–Crippen MR) is 76.4 cm³/mol. The fourth-order valence-corrected chi connectivity index (χ4v) is 2.59. The lowest BCUT2D eigenvalue weighted by Gasteiger charge is -2.30. The van der Waals surface area contributed by atoms with Gasteiger partial charge in [-0.1, -0.05) is 18.2 Å². The van der Waals surface area contributed by atoms with Gasteiger partial charge in [-0.25, -0.2) is 0 Å². The van der Waals surface area contributed by atoms with Gasteiger partial charge >= 0.3 is 0 Å². The smallest absolute Gasteiger partial charge is 0.124 e. The molecule has 0 radical (unpaired) electrons. The summed E-state index contributed by atoms with van der Waals surface area (Å²) in [6.45, 7) is 6.88. The van der Waals surface area contributed by atoms with E-state index in [1.54, 1.807) is 0 Å². The molecule has 0 spiro atoms. The Morgan fingerprint density at radius 3 is 2.95 bits per heavy atom. The zero-order valence-corrected chi connectivity index (χ0v) is 11.7. The Hall–Kier alpha value is -1.10. The Morgan fingerprint density at radius 1 is 1.32 bits per heavy atom. The molecular weight excluding hydrogens is 240 g/mol.